The van der Waals surface area contributed by atoms with Crippen LogP contribution in [0.15, 0.2) is 58.7 Å². The van der Waals surface area contributed by atoms with Crippen LogP contribution >= 0.6 is 0 Å². The van der Waals surface area contributed by atoms with Crippen LogP contribution in [0.1, 0.15) is 49.9 Å². The van der Waals surface area contributed by atoms with E-state index in [9.17, 15) is 17.6 Å². The number of nitrogens with one attached hydrogen (secondary N) is 3. The van der Waals surface area contributed by atoms with Crippen molar-refractivity contribution in [3.8, 4) is 0 Å². The standard InChI is InChI=1S/C21H23F4N5/c1-13(15-5-9-17(10-6-15)20(3,22)23)27-29-19(26)30-28-14(2)16-7-11-18(12-8-16)21(4,24)25/h5-12H,1-4H3,(H3,26,29,30)/b27-13+,28-14+. The van der Waals surface area contributed by atoms with Crippen LogP contribution < -0.4 is 10.9 Å². The molecule has 0 spiro atoms. The third-order valence-electron chi connectivity index (χ3n) is 4.29. The van der Waals surface area contributed by atoms with Crippen molar-refractivity contribution in [2.75, 3.05) is 0 Å². The lowest BCUT2D eigenvalue weighted by molar-refractivity contribution is 0.0168. The monoisotopic (exact) mass is 421 g/mol. The van der Waals surface area contributed by atoms with E-state index in [-0.39, 0.29) is 17.1 Å². The van der Waals surface area contributed by atoms with Crippen LogP contribution in [0.25, 0.3) is 0 Å². The van der Waals surface area contributed by atoms with Crippen LogP contribution in [0.2, 0.25) is 0 Å². The van der Waals surface area contributed by atoms with Crippen LogP contribution in [0.4, 0.5) is 17.6 Å². The van der Waals surface area contributed by atoms with E-state index in [0.717, 1.165) is 13.8 Å². The molecule has 3 N–H and O–H groups in total. The van der Waals surface area contributed by atoms with Crippen LogP contribution in [-0.2, 0) is 11.8 Å². The van der Waals surface area contributed by atoms with Gasteiger partial charge in [0.1, 0.15) is 0 Å². The van der Waals surface area contributed by atoms with Crippen molar-refractivity contribution < 1.29 is 17.6 Å². The van der Waals surface area contributed by atoms with Crippen molar-refractivity contribution >= 4 is 17.4 Å². The Kier molecular flexibility index (Phi) is 6.96. The summed E-state index contributed by atoms with van der Waals surface area (Å²) in [4.78, 5) is 0. The van der Waals surface area contributed by atoms with Gasteiger partial charge in [-0.05, 0) is 25.0 Å². The molecular weight excluding hydrogens is 398 g/mol. The second-order valence-electron chi connectivity index (χ2n) is 6.92. The molecule has 0 radical (unpaired) electrons. The molecule has 0 aliphatic carbocycles. The number of rotatable bonds is 6. The number of nitrogens with zero attached hydrogens (tertiary/aromatic N) is 2. The third kappa shape index (κ3) is 6.40. The zero-order chi connectivity index (χ0) is 22.5. The largest absolute Gasteiger partial charge is 0.270 e. The van der Waals surface area contributed by atoms with Gasteiger partial charge in [0, 0.05) is 25.0 Å². The summed E-state index contributed by atoms with van der Waals surface area (Å²) >= 11 is 0. The van der Waals surface area contributed by atoms with E-state index >= 15 is 0 Å². The lowest BCUT2D eigenvalue weighted by Crippen LogP contribution is -2.30. The van der Waals surface area contributed by atoms with Gasteiger partial charge in [-0.2, -0.15) is 10.2 Å². The van der Waals surface area contributed by atoms with E-state index in [0.29, 0.717) is 22.6 Å². The molecule has 0 saturated carbocycles. The van der Waals surface area contributed by atoms with Gasteiger partial charge in [-0.3, -0.25) is 5.41 Å². The van der Waals surface area contributed by atoms with E-state index in [1.807, 2.05) is 0 Å². The van der Waals surface area contributed by atoms with E-state index in [1.54, 1.807) is 13.8 Å². The van der Waals surface area contributed by atoms with Gasteiger partial charge in [-0.15, -0.1) is 0 Å². The van der Waals surface area contributed by atoms with Crippen LogP contribution in [-0.4, -0.2) is 17.4 Å². The van der Waals surface area contributed by atoms with Crippen LogP contribution in [0.3, 0.4) is 0 Å². The summed E-state index contributed by atoms with van der Waals surface area (Å²) in [6.45, 7) is 4.98. The van der Waals surface area contributed by atoms with Crippen LogP contribution in [0, 0.1) is 5.41 Å². The maximum absolute atomic E-state index is 13.3. The maximum Gasteiger partial charge on any atom is 0.270 e. The minimum absolute atomic E-state index is 0.0954. The van der Waals surface area contributed by atoms with Crippen molar-refractivity contribution in [3.63, 3.8) is 0 Å². The molecule has 2 aromatic carbocycles. The highest BCUT2D eigenvalue weighted by Gasteiger charge is 2.24. The molecule has 0 aliphatic rings. The average molecular weight is 421 g/mol. The molecule has 0 saturated heterocycles. The van der Waals surface area contributed by atoms with Gasteiger partial charge in [0.25, 0.3) is 11.8 Å². The molecule has 0 fully saturated rings. The number of hydrazone groups is 2. The highest BCUT2D eigenvalue weighted by atomic mass is 19.3. The SMILES string of the molecule is C/C(=N\NC(=N)N/N=C(\C)c1ccc(C(C)(F)F)cc1)c1ccc(C(C)(F)F)cc1. The van der Waals surface area contributed by atoms with E-state index in [2.05, 4.69) is 21.1 Å². The Morgan fingerprint density at radius 1 is 0.700 bits per heavy atom. The van der Waals surface area contributed by atoms with Crippen LogP contribution in [0.5, 0.6) is 0 Å². The Balaban J connectivity index is 1.96. The molecule has 0 heterocycles. The number of hydrogen-bond acceptors (Lipinski definition) is 3. The van der Waals surface area contributed by atoms with Gasteiger partial charge < -0.3 is 0 Å². The fraction of sp³-hybridized carbons (Fsp3) is 0.286. The minimum atomic E-state index is -2.92. The van der Waals surface area contributed by atoms with E-state index in [1.165, 1.54) is 48.5 Å². The molecule has 160 valence electrons. The lowest BCUT2D eigenvalue weighted by Gasteiger charge is -2.11. The Labute approximate surface area is 172 Å². The van der Waals surface area contributed by atoms with Gasteiger partial charge in [-0.25, -0.2) is 28.4 Å². The average Bonchev–Trinajstić information content (AvgIpc) is 2.69. The Morgan fingerprint density at radius 3 is 1.27 bits per heavy atom. The zero-order valence-electron chi connectivity index (χ0n) is 17.0. The van der Waals surface area contributed by atoms with Crippen molar-refractivity contribution in [2.45, 2.75) is 39.5 Å². The summed E-state index contributed by atoms with van der Waals surface area (Å²) in [5.41, 5.74) is 6.97. The van der Waals surface area contributed by atoms with Gasteiger partial charge in [0.15, 0.2) is 0 Å². The third-order valence-corrected chi connectivity index (χ3v) is 4.29. The Bertz CT molecular complexity index is 860. The molecule has 9 heteroatoms. The molecule has 0 unspecified atom stereocenters. The fourth-order valence-corrected chi connectivity index (χ4v) is 2.44. The van der Waals surface area contributed by atoms with Gasteiger partial charge in [0.05, 0.1) is 11.4 Å². The number of halogens is 4. The first-order chi connectivity index (χ1) is 13.9. The molecule has 0 aliphatic heterocycles. The summed E-state index contributed by atoms with van der Waals surface area (Å²) in [7, 11) is 0. The molecule has 0 amide bonds. The fourth-order valence-electron chi connectivity index (χ4n) is 2.44. The summed E-state index contributed by atoms with van der Waals surface area (Å²) in [6, 6.07) is 11.4. The van der Waals surface area contributed by atoms with Crippen molar-refractivity contribution in [2.24, 2.45) is 10.2 Å². The molecule has 2 rings (SSSR count). The van der Waals surface area contributed by atoms with E-state index < -0.39 is 11.8 Å². The molecule has 30 heavy (non-hydrogen) atoms. The summed E-state index contributed by atoms with van der Waals surface area (Å²) < 4.78 is 53.0. The summed E-state index contributed by atoms with van der Waals surface area (Å²) in [5.74, 6) is -6.05. The first-order valence-electron chi connectivity index (χ1n) is 9.04. The second-order valence-corrected chi connectivity index (χ2v) is 6.92. The highest BCUT2D eigenvalue weighted by Crippen LogP contribution is 2.27. The normalized spacial score (nSPS) is 13.2. The zero-order valence-corrected chi connectivity index (χ0v) is 17.0. The number of alkyl halides is 4. The molecule has 0 bridgehead atoms. The van der Waals surface area contributed by atoms with Gasteiger partial charge in [-0.1, -0.05) is 48.5 Å². The predicted molar refractivity (Wildman–Crippen MR) is 110 cm³/mol. The maximum atomic E-state index is 13.3. The first-order valence-corrected chi connectivity index (χ1v) is 9.04. The van der Waals surface area contributed by atoms with E-state index in [4.69, 9.17) is 5.41 Å². The van der Waals surface area contributed by atoms with Crippen molar-refractivity contribution in [1.82, 2.24) is 10.9 Å². The minimum Gasteiger partial charge on any atom is -0.266 e. The Hall–Kier alpha value is -3.23. The van der Waals surface area contributed by atoms with Crippen molar-refractivity contribution in [3.05, 3.63) is 70.8 Å². The molecule has 0 aromatic heterocycles. The number of benzene rings is 2. The van der Waals surface area contributed by atoms with Crippen molar-refractivity contribution in [1.29, 1.82) is 5.41 Å². The number of hydrogen-bond donors (Lipinski definition) is 3. The molecular formula is C21H23F4N5. The quantitative estimate of drug-likeness (QED) is 0.261. The summed E-state index contributed by atoms with van der Waals surface area (Å²) in [6.07, 6.45) is 0. The smallest absolute Gasteiger partial charge is 0.266 e. The summed E-state index contributed by atoms with van der Waals surface area (Å²) in [5, 5.41) is 15.8. The Morgan fingerprint density at radius 2 is 1.00 bits per heavy atom. The van der Waals surface area contributed by atoms with Gasteiger partial charge in [0.2, 0.25) is 5.96 Å². The predicted octanol–water partition coefficient (Wildman–Crippen LogP) is 5.17. The highest BCUT2D eigenvalue weighted by molar-refractivity contribution is 6.00. The molecule has 5 nitrogen and oxygen atoms in total. The second kappa shape index (κ2) is 9.06. The van der Waals surface area contributed by atoms with Gasteiger partial charge >= 0.3 is 0 Å². The number of guanidine groups is 1. The molecule has 0 atom stereocenters. The lowest BCUT2D eigenvalue weighted by atomic mass is 10.1. The first kappa shape index (κ1) is 23.1. The molecule has 2 aromatic rings. The topological polar surface area (TPSA) is 72.6 Å².